The first kappa shape index (κ1) is 15.0. The minimum Gasteiger partial charge on any atom is -0.316 e. The molecule has 1 saturated carbocycles. The summed E-state index contributed by atoms with van der Waals surface area (Å²) >= 11 is 0. The van der Waals surface area contributed by atoms with Gasteiger partial charge in [-0.2, -0.15) is 0 Å². The second-order valence-electron chi connectivity index (χ2n) is 7.88. The van der Waals surface area contributed by atoms with Crippen molar-refractivity contribution in [3.05, 3.63) is 0 Å². The van der Waals surface area contributed by atoms with Gasteiger partial charge in [0.2, 0.25) is 11.8 Å². The van der Waals surface area contributed by atoms with E-state index in [4.69, 9.17) is 0 Å². The van der Waals surface area contributed by atoms with Gasteiger partial charge in [0, 0.05) is 25.9 Å². The van der Waals surface area contributed by atoms with Crippen LogP contribution in [0.2, 0.25) is 0 Å². The summed E-state index contributed by atoms with van der Waals surface area (Å²) in [6.45, 7) is 4.77. The van der Waals surface area contributed by atoms with E-state index in [1.807, 2.05) is 0 Å². The monoisotopic (exact) mass is 292 g/mol. The number of amides is 2. The molecule has 2 aliphatic heterocycles. The first-order valence-corrected chi connectivity index (χ1v) is 8.56. The fraction of sp³-hybridized carbons (Fsp3) is 0.882. The van der Waals surface area contributed by atoms with Crippen LogP contribution in [0.15, 0.2) is 0 Å². The topological polar surface area (TPSA) is 49.4 Å². The van der Waals surface area contributed by atoms with Crippen LogP contribution in [0.1, 0.15) is 64.7 Å². The highest BCUT2D eigenvalue weighted by Gasteiger charge is 2.45. The van der Waals surface area contributed by atoms with Crippen LogP contribution in [0.4, 0.5) is 0 Å². The SMILES string of the molecule is CC1(CN2C(=O)CC3(CCCCC3)CC2=O)CCCNC1. The summed E-state index contributed by atoms with van der Waals surface area (Å²) in [7, 11) is 0. The fourth-order valence-corrected chi connectivity index (χ4v) is 4.50. The number of rotatable bonds is 2. The Balaban J connectivity index is 1.67. The number of imide groups is 1. The molecule has 3 aliphatic rings. The van der Waals surface area contributed by atoms with Crippen LogP contribution in [-0.4, -0.2) is 36.3 Å². The van der Waals surface area contributed by atoms with Crippen LogP contribution >= 0.6 is 0 Å². The summed E-state index contributed by atoms with van der Waals surface area (Å²) < 4.78 is 0. The van der Waals surface area contributed by atoms with Gasteiger partial charge in [-0.1, -0.05) is 26.2 Å². The van der Waals surface area contributed by atoms with E-state index in [1.54, 1.807) is 4.90 Å². The maximum atomic E-state index is 12.6. The highest BCUT2D eigenvalue weighted by Crippen LogP contribution is 2.45. The van der Waals surface area contributed by atoms with Crippen molar-refractivity contribution in [1.29, 1.82) is 0 Å². The lowest BCUT2D eigenvalue weighted by Gasteiger charge is -2.45. The zero-order valence-electron chi connectivity index (χ0n) is 13.2. The van der Waals surface area contributed by atoms with Gasteiger partial charge in [0.05, 0.1) is 0 Å². The number of nitrogens with one attached hydrogen (secondary N) is 1. The molecule has 0 bridgehead atoms. The van der Waals surface area contributed by atoms with E-state index in [9.17, 15) is 9.59 Å². The van der Waals surface area contributed by atoms with Crippen LogP contribution in [-0.2, 0) is 9.59 Å². The Morgan fingerprint density at radius 2 is 1.67 bits per heavy atom. The molecule has 1 N–H and O–H groups in total. The molecule has 4 heteroatoms. The largest absolute Gasteiger partial charge is 0.316 e. The zero-order valence-corrected chi connectivity index (χ0v) is 13.2. The molecule has 2 heterocycles. The summed E-state index contributed by atoms with van der Waals surface area (Å²) in [6, 6.07) is 0. The average Bonchev–Trinajstić information content (AvgIpc) is 2.45. The molecule has 1 atom stereocenters. The number of hydrogen-bond donors (Lipinski definition) is 1. The van der Waals surface area contributed by atoms with Gasteiger partial charge in [0.25, 0.3) is 0 Å². The minimum absolute atomic E-state index is 0.00857. The number of carbonyl (C=O) groups is 2. The minimum atomic E-state index is 0.00857. The van der Waals surface area contributed by atoms with Crippen LogP contribution < -0.4 is 5.32 Å². The van der Waals surface area contributed by atoms with Gasteiger partial charge in [-0.15, -0.1) is 0 Å². The van der Waals surface area contributed by atoms with Crippen LogP contribution in [0.3, 0.4) is 0 Å². The van der Waals surface area contributed by atoms with Crippen molar-refractivity contribution in [3.63, 3.8) is 0 Å². The Hall–Kier alpha value is -0.900. The van der Waals surface area contributed by atoms with Gasteiger partial charge in [0.15, 0.2) is 0 Å². The summed E-state index contributed by atoms with van der Waals surface area (Å²) in [4.78, 5) is 26.7. The second kappa shape index (κ2) is 5.71. The van der Waals surface area contributed by atoms with E-state index < -0.39 is 0 Å². The maximum Gasteiger partial charge on any atom is 0.229 e. The summed E-state index contributed by atoms with van der Waals surface area (Å²) in [5, 5.41) is 3.40. The van der Waals surface area contributed by atoms with Gasteiger partial charge in [-0.3, -0.25) is 14.5 Å². The molecule has 3 fully saturated rings. The lowest BCUT2D eigenvalue weighted by atomic mass is 9.67. The third-order valence-corrected chi connectivity index (χ3v) is 5.79. The van der Waals surface area contributed by atoms with Gasteiger partial charge < -0.3 is 5.32 Å². The third kappa shape index (κ3) is 3.15. The van der Waals surface area contributed by atoms with E-state index in [0.29, 0.717) is 19.4 Å². The fourth-order valence-electron chi connectivity index (χ4n) is 4.50. The number of hydrogen-bond acceptors (Lipinski definition) is 3. The highest BCUT2D eigenvalue weighted by atomic mass is 16.2. The van der Waals surface area contributed by atoms with Gasteiger partial charge >= 0.3 is 0 Å². The lowest BCUT2D eigenvalue weighted by molar-refractivity contribution is -0.156. The summed E-state index contributed by atoms with van der Waals surface area (Å²) in [6.07, 6.45) is 9.19. The summed E-state index contributed by atoms with van der Waals surface area (Å²) in [5.41, 5.74) is 0.0648. The number of piperidine rings is 2. The molecule has 0 radical (unpaired) electrons. The second-order valence-corrected chi connectivity index (χ2v) is 7.88. The van der Waals surface area contributed by atoms with E-state index >= 15 is 0 Å². The standard InChI is InChI=1S/C17H28N2O2/c1-16(6-5-9-18-12-16)13-19-14(20)10-17(11-15(19)21)7-3-2-4-8-17/h18H,2-13H2,1H3. The van der Waals surface area contributed by atoms with Crippen molar-refractivity contribution in [3.8, 4) is 0 Å². The Labute approximate surface area is 127 Å². The molecule has 21 heavy (non-hydrogen) atoms. The van der Waals surface area contributed by atoms with Crippen LogP contribution in [0.5, 0.6) is 0 Å². The maximum absolute atomic E-state index is 12.6. The molecular weight excluding hydrogens is 264 g/mol. The molecule has 1 unspecified atom stereocenters. The van der Waals surface area contributed by atoms with Gasteiger partial charge in [0.1, 0.15) is 0 Å². The lowest BCUT2D eigenvalue weighted by Crippen LogP contribution is -2.54. The Kier molecular flexibility index (Phi) is 4.08. The first-order chi connectivity index (χ1) is 10.0. The molecule has 2 amide bonds. The number of carbonyl (C=O) groups excluding carboxylic acids is 2. The molecule has 0 aromatic heterocycles. The predicted octanol–water partition coefficient (Wildman–Crippen LogP) is 2.48. The van der Waals surface area contributed by atoms with Gasteiger partial charge in [-0.05, 0) is 43.1 Å². The quantitative estimate of drug-likeness (QED) is 0.795. The zero-order chi connectivity index (χ0) is 14.9. The van der Waals surface area contributed by atoms with E-state index in [-0.39, 0.29) is 22.6 Å². The Morgan fingerprint density at radius 3 is 2.24 bits per heavy atom. The smallest absolute Gasteiger partial charge is 0.229 e. The highest BCUT2D eigenvalue weighted by molar-refractivity contribution is 5.98. The van der Waals surface area contributed by atoms with Crippen molar-refractivity contribution in [1.82, 2.24) is 10.2 Å². The van der Waals surface area contributed by atoms with Crippen molar-refractivity contribution < 1.29 is 9.59 Å². The number of likely N-dealkylation sites (tertiary alicyclic amines) is 1. The third-order valence-electron chi connectivity index (χ3n) is 5.79. The van der Waals surface area contributed by atoms with Crippen LogP contribution in [0, 0.1) is 10.8 Å². The molecule has 4 nitrogen and oxygen atoms in total. The van der Waals surface area contributed by atoms with Crippen molar-refractivity contribution in [2.45, 2.75) is 64.7 Å². The molecule has 0 aromatic rings. The average molecular weight is 292 g/mol. The molecule has 3 rings (SSSR count). The molecule has 1 spiro atoms. The molecule has 2 saturated heterocycles. The molecule has 0 aromatic carbocycles. The molecule has 1 aliphatic carbocycles. The Morgan fingerprint density at radius 1 is 1.00 bits per heavy atom. The van der Waals surface area contributed by atoms with Crippen molar-refractivity contribution >= 4 is 11.8 Å². The van der Waals surface area contributed by atoms with Gasteiger partial charge in [-0.25, -0.2) is 0 Å². The normalized spacial score (nSPS) is 33.5. The number of nitrogens with zero attached hydrogens (tertiary/aromatic N) is 1. The van der Waals surface area contributed by atoms with E-state index in [1.165, 1.54) is 19.3 Å². The molecule has 118 valence electrons. The van der Waals surface area contributed by atoms with Crippen molar-refractivity contribution in [2.24, 2.45) is 10.8 Å². The van der Waals surface area contributed by atoms with E-state index in [2.05, 4.69) is 12.2 Å². The predicted molar refractivity (Wildman–Crippen MR) is 81.7 cm³/mol. The molecular formula is C17H28N2O2. The van der Waals surface area contributed by atoms with Crippen molar-refractivity contribution in [2.75, 3.05) is 19.6 Å². The van der Waals surface area contributed by atoms with E-state index in [0.717, 1.165) is 38.8 Å². The first-order valence-electron chi connectivity index (χ1n) is 8.56. The van der Waals surface area contributed by atoms with Crippen LogP contribution in [0.25, 0.3) is 0 Å². The Bertz CT molecular complexity index is 401. The summed E-state index contributed by atoms with van der Waals surface area (Å²) in [5.74, 6) is 0.167.